The first-order chi connectivity index (χ1) is 6.59. The van der Waals surface area contributed by atoms with Gasteiger partial charge in [0.25, 0.3) is 0 Å². The summed E-state index contributed by atoms with van der Waals surface area (Å²) in [5.41, 5.74) is 5.55. The van der Waals surface area contributed by atoms with E-state index < -0.39 is 0 Å². The van der Waals surface area contributed by atoms with Crippen molar-refractivity contribution >= 4 is 28.5 Å². The predicted octanol–water partition coefficient (Wildman–Crippen LogP) is 2.24. The van der Waals surface area contributed by atoms with Gasteiger partial charge in [0.15, 0.2) is 0 Å². The lowest BCUT2D eigenvalue weighted by atomic mass is 10.3. The van der Waals surface area contributed by atoms with Gasteiger partial charge >= 0.3 is 0 Å². The summed E-state index contributed by atoms with van der Waals surface area (Å²) in [7, 11) is 0. The molecule has 0 bridgehead atoms. The second-order valence-electron chi connectivity index (χ2n) is 3.54. The molecule has 1 rings (SSSR count). The molecule has 0 aliphatic carbocycles. The average Bonchev–Trinajstić information content (AvgIpc) is 2.54. The molecule has 78 valence electrons. The fraction of sp³-hybridized carbons (Fsp3) is 0.500. The van der Waals surface area contributed by atoms with E-state index >= 15 is 0 Å². The van der Waals surface area contributed by atoms with Crippen LogP contribution >= 0.6 is 23.6 Å². The minimum atomic E-state index is 0.471. The number of thiophene rings is 1. The van der Waals surface area contributed by atoms with Gasteiger partial charge in [-0.1, -0.05) is 18.3 Å². The summed E-state index contributed by atoms with van der Waals surface area (Å²) in [5.74, 6) is 0. The Morgan fingerprint density at radius 2 is 2.36 bits per heavy atom. The first-order valence-electron chi connectivity index (χ1n) is 4.64. The van der Waals surface area contributed by atoms with E-state index in [0.29, 0.717) is 17.6 Å². The van der Waals surface area contributed by atoms with Crippen molar-refractivity contribution in [1.82, 2.24) is 4.90 Å². The van der Waals surface area contributed by atoms with Gasteiger partial charge in [-0.3, -0.25) is 4.90 Å². The van der Waals surface area contributed by atoms with Crippen LogP contribution in [0, 0.1) is 0 Å². The number of nitrogens with zero attached hydrogens (tertiary/aromatic N) is 1. The Morgan fingerprint density at radius 3 is 2.79 bits per heavy atom. The normalized spacial score (nSPS) is 11.1. The molecule has 14 heavy (non-hydrogen) atoms. The SMILES string of the molecule is CC(C)N(CC(N)=S)Cc1cccs1. The molecule has 1 heterocycles. The van der Waals surface area contributed by atoms with Crippen molar-refractivity contribution in [3.63, 3.8) is 0 Å². The third-order valence-corrected chi connectivity index (χ3v) is 3.02. The Kier molecular flexibility index (Phi) is 4.51. The van der Waals surface area contributed by atoms with E-state index in [1.54, 1.807) is 11.3 Å². The zero-order valence-electron chi connectivity index (χ0n) is 8.56. The zero-order chi connectivity index (χ0) is 10.6. The molecule has 0 saturated heterocycles. The van der Waals surface area contributed by atoms with Crippen molar-refractivity contribution in [3.8, 4) is 0 Å². The molecule has 0 spiro atoms. The molecule has 4 heteroatoms. The van der Waals surface area contributed by atoms with Gasteiger partial charge in [-0.15, -0.1) is 11.3 Å². The van der Waals surface area contributed by atoms with E-state index in [2.05, 4.69) is 36.3 Å². The highest BCUT2D eigenvalue weighted by Crippen LogP contribution is 2.13. The second-order valence-corrected chi connectivity index (χ2v) is 5.10. The highest BCUT2D eigenvalue weighted by Gasteiger charge is 2.11. The van der Waals surface area contributed by atoms with Gasteiger partial charge in [-0.25, -0.2) is 0 Å². The topological polar surface area (TPSA) is 29.3 Å². The molecule has 0 fully saturated rings. The van der Waals surface area contributed by atoms with Gasteiger partial charge in [0.1, 0.15) is 0 Å². The monoisotopic (exact) mass is 228 g/mol. The van der Waals surface area contributed by atoms with E-state index in [1.807, 2.05) is 0 Å². The molecule has 0 amide bonds. The molecule has 0 aliphatic heterocycles. The lowest BCUT2D eigenvalue weighted by molar-refractivity contribution is 0.247. The minimum Gasteiger partial charge on any atom is -0.392 e. The highest BCUT2D eigenvalue weighted by molar-refractivity contribution is 7.80. The number of hydrogen-bond donors (Lipinski definition) is 1. The third-order valence-electron chi connectivity index (χ3n) is 2.03. The number of nitrogens with two attached hydrogens (primary N) is 1. The molecule has 0 saturated carbocycles. The van der Waals surface area contributed by atoms with E-state index in [0.717, 1.165) is 6.54 Å². The Balaban J connectivity index is 2.56. The third kappa shape index (κ3) is 3.74. The standard InChI is InChI=1S/C10H16N2S2/c1-8(2)12(7-10(11)13)6-9-4-3-5-14-9/h3-5,8H,6-7H2,1-2H3,(H2,11,13). The molecule has 1 aromatic rings. The minimum absolute atomic E-state index is 0.471. The van der Waals surface area contributed by atoms with Crippen LogP contribution in [0.25, 0.3) is 0 Å². The van der Waals surface area contributed by atoms with Crippen LogP contribution in [0.4, 0.5) is 0 Å². The van der Waals surface area contributed by atoms with Crippen LogP contribution < -0.4 is 5.73 Å². The van der Waals surface area contributed by atoms with Crippen LogP contribution in [0.2, 0.25) is 0 Å². The molecule has 0 radical (unpaired) electrons. The predicted molar refractivity (Wildman–Crippen MR) is 66.7 cm³/mol. The van der Waals surface area contributed by atoms with Gasteiger partial charge in [-0.05, 0) is 25.3 Å². The van der Waals surface area contributed by atoms with Gasteiger partial charge < -0.3 is 5.73 Å². The largest absolute Gasteiger partial charge is 0.392 e. The van der Waals surface area contributed by atoms with Crippen molar-refractivity contribution in [3.05, 3.63) is 22.4 Å². The Labute approximate surface area is 94.7 Å². The molecule has 2 nitrogen and oxygen atoms in total. The van der Waals surface area contributed by atoms with Crippen LogP contribution in [-0.4, -0.2) is 22.5 Å². The van der Waals surface area contributed by atoms with Crippen molar-refractivity contribution in [2.75, 3.05) is 6.54 Å². The lowest BCUT2D eigenvalue weighted by Gasteiger charge is -2.25. The Hall–Kier alpha value is -0.450. The molecule has 1 aromatic heterocycles. The van der Waals surface area contributed by atoms with Crippen molar-refractivity contribution in [1.29, 1.82) is 0 Å². The van der Waals surface area contributed by atoms with Crippen molar-refractivity contribution < 1.29 is 0 Å². The summed E-state index contributed by atoms with van der Waals surface area (Å²) < 4.78 is 0. The summed E-state index contributed by atoms with van der Waals surface area (Å²) in [6.45, 7) is 5.95. The second kappa shape index (κ2) is 5.44. The lowest BCUT2D eigenvalue weighted by Crippen LogP contribution is -2.36. The van der Waals surface area contributed by atoms with Crippen LogP contribution in [0.3, 0.4) is 0 Å². The maximum Gasteiger partial charge on any atom is 0.0870 e. The van der Waals surface area contributed by atoms with E-state index in [9.17, 15) is 0 Å². The van der Waals surface area contributed by atoms with Gasteiger partial charge in [-0.2, -0.15) is 0 Å². The Morgan fingerprint density at radius 1 is 1.64 bits per heavy atom. The number of hydrogen-bond acceptors (Lipinski definition) is 3. The zero-order valence-corrected chi connectivity index (χ0v) is 10.2. The van der Waals surface area contributed by atoms with E-state index in [1.165, 1.54) is 4.88 Å². The molecule has 2 N–H and O–H groups in total. The first kappa shape index (κ1) is 11.6. The average molecular weight is 228 g/mol. The quantitative estimate of drug-likeness (QED) is 0.784. The summed E-state index contributed by atoms with van der Waals surface area (Å²) in [5, 5.41) is 2.09. The molecule has 0 atom stereocenters. The van der Waals surface area contributed by atoms with Crippen LogP contribution in [0.5, 0.6) is 0 Å². The number of rotatable bonds is 5. The van der Waals surface area contributed by atoms with E-state index in [-0.39, 0.29) is 0 Å². The first-order valence-corrected chi connectivity index (χ1v) is 5.93. The Bertz CT molecular complexity index is 280. The number of thiocarbonyl (C=S) groups is 1. The fourth-order valence-electron chi connectivity index (χ4n) is 1.22. The molecule has 0 aliphatic rings. The molecular weight excluding hydrogens is 212 g/mol. The van der Waals surface area contributed by atoms with Crippen LogP contribution in [0.1, 0.15) is 18.7 Å². The summed E-state index contributed by atoms with van der Waals surface area (Å²) in [6.07, 6.45) is 0. The van der Waals surface area contributed by atoms with Crippen molar-refractivity contribution in [2.45, 2.75) is 26.4 Å². The van der Waals surface area contributed by atoms with Gasteiger partial charge in [0.2, 0.25) is 0 Å². The maximum atomic E-state index is 5.55. The molecule has 0 aromatic carbocycles. The summed E-state index contributed by atoms with van der Waals surface area (Å²) >= 11 is 6.70. The summed E-state index contributed by atoms with van der Waals surface area (Å²) in [6, 6.07) is 4.68. The fourth-order valence-corrected chi connectivity index (χ4v) is 2.12. The van der Waals surface area contributed by atoms with E-state index in [4.69, 9.17) is 18.0 Å². The maximum absolute atomic E-state index is 5.55. The molecule has 0 unspecified atom stereocenters. The van der Waals surface area contributed by atoms with Crippen LogP contribution in [0.15, 0.2) is 17.5 Å². The van der Waals surface area contributed by atoms with Gasteiger partial charge in [0.05, 0.1) is 4.99 Å². The highest BCUT2D eigenvalue weighted by atomic mass is 32.1. The summed E-state index contributed by atoms with van der Waals surface area (Å²) in [4.78, 5) is 4.19. The smallest absolute Gasteiger partial charge is 0.0870 e. The van der Waals surface area contributed by atoms with Crippen molar-refractivity contribution in [2.24, 2.45) is 5.73 Å². The molecular formula is C10H16N2S2. The van der Waals surface area contributed by atoms with Crippen LogP contribution in [-0.2, 0) is 6.54 Å². The van der Waals surface area contributed by atoms with Gasteiger partial charge in [0, 0.05) is 24.0 Å².